The first kappa shape index (κ1) is 8.26. The molecule has 1 aromatic heterocycles. The largest absolute Gasteiger partial charge is 0.356 e. The van der Waals surface area contributed by atoms with Crippen molar-refractivity contribution >= 4 is 15.9 Å². The number of hydrogen-bond acceptors (Lipinski definition) is 2. The molecule has 0 aromatic carbocycles. The fourth-order valence-electron chi connectivity index (χ4n) is 1.43. The zero-order valence-electron chi connectivity index (χ0n) is 6.74. The van der Waals surface area contributed by atoms with Gasteiger partial charge in [-0.15, -0.1) is 0 Å². The standard InChI is InChI=1S/C8H11BrN2O/c9-7-4-5-10-11(7)8-3-1-2-6-12-8/h4-5,8H,1-3,6H2/t8-/m0/s1. The number of rotatable bonds is 1. The average molecular weight is 231 g/mol. The highest BCUT2D eigenvalue weighted by atomic mass is 79.9. The summed E-state index contributed by atoms with van der Waals surface area (Å²) < 4.78 is 8.46. The monoisotopic (exact) mass is 230 g/mol. The number of halogens is 1. The minimum Gasteiger partial charge on any atom is -0.356 e. The summed E-state index contributed by atoms with van der Waals surface area (Å²) >= 11 is 3.42. The molecule has 1 aromatic rings. The minimum atomic E-state index is 0.142. The Kier molecular flexibility index (Phi) is 2.46. The van der Waals surface area contributed by atoms with Crippen LogP contribution in [0.1, 0.15) is 25.5 Å². The van der Waals surface area contributed by atoms with Crippen molar-refractivity contribution in [1.29, 1.82) is 0 Å². The van der Waals surface area contributed by atoms with Crippen LogP contribution in [0.25, 0.3) is 0 Å². The topological polar surface area (TPSA) is 27.1 Å². The number of hydrogen-bond donors (Lipinski definition) is 0. The molecule has 0 saturated carbocycles. The summed E-state index contributed by atoms with van der Waals surface area (Å²) in [5, 5.41) is 4.18. The molecule has 1 aliphatic rings. The lowest BCUT2D eigenvalue weighted by atomic mass is 10.2. The van der Waals surface area contributed by atoms with Gasteiger partial charge < -0.3 is 4.74 Å². The molecule has 0 bridgehead atoms. The van der Waals surface area contributed by atoms with E-state index in [0.29, 0.717) is 0 Å². The second-order valence-electron chi connectivity index (χ2n) is 2.92. The van der Waals surface area contributed by atoms with E-state index in [1.807, 2.05) is 10.7 Å². The molecule has 4 heteroatoms. The zero-order valence-corrected chi connectivity index (χ0v) is 8.33. The number of aromatic nitrogens is 2. The Hall–Kier alpha value is -0.350. The van der Waals surface area contributed by atoms with E-state index in [1.54, 1.807) is 6.20 Å². The Bertz CT molecular complexity index is 255. The fourth-order valence-corrected chi connectivity index (χ4v) is 1.86. The van der Waals surface area contributed by atoms with Crippen molar-refractivity contribution < 1.29 is 4.74 Å². The summed E-state index contributed by atoms with van der Waals surface area (Å²) in [6, 6.07) is 1.93. The van der Waals surface area contributed by atoms with Crippen molar-refractivity contribution in [2.45, 2.75) is 25.5 Å². The summed E-state index contributed by atoms with van der Waals surface area (Å²) in [7, 11) is 0. The number of ether oxygens (including phenoxy) is 1. The Morgan fingerprint density at radius 2 is 2.50 bits per heavy atom. The Morgan fingerprint density at radius 1 is 1.58 bits per heavy atom. The third-order valence-corrected chi connectivity index (χ3v) is 2.68. The van der Waals surface area contributed by atoms with E-state index in [9.17, 15) is 0 Å². The number of nitrogens with zero attached hydrogens (tertiary/aromatic N) is 2. The molecule has 1 saturated heterocycles. The zero-order chi connectivity index (χ0) is 8.39. The summed E-state index contributed by atoms with van der Waals surface area (Å²) in [5.74, 6) is 0. The maximum Gasteiger partial charge on any atom is 0.151 e. The Balaban J connectivity index is 2.13. The van der Waals surface area contributed by atoms with E-state index in [2.05, 4.69) is 21.0 Å². The molecule has 3 nitrogen and oxygen atoms in total. The van der Waals surface area contributed by atoms with Gasteiger partial charge >= 0.3 is 0 Å². The summed E-state index contributed by atoms with van der Waals surface area (Å²) in [4.78, 5) is 0. The second-order valence-corrected chi connectivity index (χ2v) is 3.73. The van der Waals surface area contributed by atoms with Crippen molar-refractivity contribution in [3.05, 3.63) is 16.9 Å². The molecule has 1 aliphatic heterocycles. The van der Waals surface area contributed by atoms with Gasteiger partial charge in [-0.25, -0.2) is 4.68 Å². The van der Waals surface area contributed by atoms with E-state index in [4.69, 9.17) is 4.74 Å². The van der Waals surface area contributed by atoms with Gasteiger partial charge in [0.15, 0.2) is 6.23 Å². The first-order valence-electron chi connectivity index (χ1n) is 4.18. The maximum absolute atomic E-state index is 5.57. The van der Waals surface area contributed by atoms with Crippen LogP contribution in [0, 0.1) is 0 Å². The van der Waals surface area contributed by atoms with E-state index in [-0.39, 0.29) is 6.23 Å². The van der Waals surface area contributed by atoms with Crippen molar-refractivity contribution in [2.75, 3.05) is 6.61 Å². The molecule has 0 radical (unpaired) electrons. The molecule has 0 aliphatic carbocycles. The van der Waals surface area contributed by atoms with Crippen molar-refractivity contribution in [2.24, 2.45) is 0 Å². The molecule has 66 valence electrons. The summed E-state index contributed by atoms with van der Waals surface area (Å²) in [6.07, 6.45) is 5.40. The molecule has 0 unspecified atom stereocenters. The van der Waals surface area contributed by atoms with Crippen LogP contribution in [-0.4, -0.2) is 16.4 Å². The molecule has 2 rings (SSSR count). The second kappa shape index (κ2) is 3.58. The molecular weight excluding hydrogens is 220 g/mol. The lowest BCUT2D eigenvalue weighted by Gasteiger charge is -2.23. The molecule has 0 amide bonds. The third-order valence-electron chi connectivity index (χ3n) is 2.05. The molecule has 0 spiro atoms. The van der Waals surface area contributed by atoms with Crippen LogP contribution in [0.4, 0.5) is 0 Å². The molecule has 0 N–H and O–H groups in total. The Morgan fingerprint density at radius 3 is 3.08 bits per heavy atom. The lowest BCUT2D eigenvalue weighted by Crippen LogP contribution is -2.19. The van der Waals surface area contributed by atoms with Crippen molar-refractivity contribution in [3.63, 3.8) is 0 Å². The van der Waals surface area contributed by atoms with E-state index in [0.717, 1.165) is 17.6 Å². The van der Waals surface area contributed by atoms with Crippen LogP contribution >= 0.6 is 15.9 Å². The van der Waals surface area contributed by atoms with Crippen LogP contribution in [0.3, 0.4) is 0 Å². The van der Waals surface area contributed by atoms with E-state index < -0.39 is 0 Å². The predicted molar refractivity (Wildman–Crippen MR) is 48.8 cm³/mol. The normalized spacial score (nSPS) is 24.2. The maximum atomic E-state index is 5.57. The van der Waals surface area contributed by atoms with Gasteiger partial charge in [0.2, 0.25) is 0 Å². The van der Waals surface area contributed by atoms with Crippen LogP contribution in [-0.2, 0) is 4.74 Å². The van der Waals surface area contributed by atoms with E-state index in [1.165, 1.54) is 12.8 Å². The first-order valence-corrected chi connectivity index (χ1v) is 4.98. The van der Waals surface area contributed by atoms with E-state index >= 15 is 0 Å². The highest BCUT2D eigenvalue weighted by molar-refractivity contribution is 9.10. The predicted octanol–water partition coefficient (Wildman–Crippen LogP) is 2.34. The SMILES string of the molecule is Brc1ccnn1[C@@H]1CCCCO1. The molecule has 1 fully saturated rings. The van der Waals surface area contributed by atoms with Crippen LogP contribution in [0.15, 0.2) is 16.9 Å². The fraction of sp³-hybridized carbons (Fsp3) is 0.625. The molecule has 1 atom stereocenters. The molecule has 2 heterocycles. The van der Waals surface area contributed by atoms with Crippen LogP contribution in [0.2, 0.25) is 0 Å². The Labute approximate surface area is 79.8 Å². The lowest BCUT2D eigenvalue weighted by molar-refractivity contribution is -0.0408. The van der Waals surface area contributed by atoms with Crippen LogP contribution < -0.4 is 0 Å². The first-order chi connectivity index (χ1) is 5.88. The molecular formula is C8H11BrN2O. The molecule has 12 heavy (non-hydrogen) atoms. The van der Waals surface area contributed by atoms with Gasteiger partial charge in [-0.2, -0.15) is 5.10 Å². The highest BCUT2D eigenvalue weighted by Crippen LogP contribution is 2.24. The third kappa shape index (κ3) is 1.54. The van der Waals surface area contributed by atoms with Crippen molar-refractivity contribution in [3.8, 4) is 0 Å². The quantitative estimate of drug-likeness (QED) is 0.741. The van der Waals surface area contributed by atoms with Crippen molar-refractivity contribution in [1.82, 2.24) is 9.78 Å². The van der Waals surface area contributed by atoms with Gasteiger partial charge in [0.25, 0.3) is 0 Å². The van der Waals surface area contributed by atoms with Gasteiger partial charge in [-0.3, -0.25) is 0 Å². The summed E-state index contributed by atoms with van der Waals surface area (Å²) in [6.45, 7) is 0.858. The average Bonchev–Trinajstić information content (AvgIpc) is 2.53. The smallest absolute Gasteiger partial charge is 0.151 e. The highest BCUT2D eigenvalue weighted by Gasteiger charge is 2.17. The summed E-state index contributed by atoms with van der Waals surface area (Å²) in [5.41, 5.74) is 0. The van der Waals surface area contributed by atoms with Gasteiger partial charge in [0.1, 0.15) is 4.60 Å². The van der Waals surface area contributed by atoms with Gasteiger partial charge in [0, 0.05) is 6.61 Å². The van der Waals surface area contributed by atoms with Crippen LogP contribution in [0.5, 0.6) is 0 Å². The van der Waals surface area contributed by atoms with Gasteiger partial charge in [-0.05, 0) is 41.3 Å². The minimum absolute atomic E-state index is 0.142. The van der Waals surface area contributed by atoms with Gasteiger partial charge in [0.05, 0.1) is 6.20 Å². The van der Waals surface area contributed by atoms with Gasteiger partial charge in [-0.1, -0.05) is 0 Å².